The molecule has 0 saturated heterocycles. The Morgan fingerprint density at radius 2 is 1.95 bits per heavy atom. The lowest BCUT2D eigenvalue weighted by atomic mass is 10.2. The molecule has 5 nitrogen and oxygen atoms in total. The van der Waals surface area contributed by atoms with Crippen LogP contribution < -0.4 is 10.1 Å². The number of aliphatic hydroxyl groups excluding tert-OH is 1. The molecule has 0 saturated carbocycles. The Hall–Kier alpha value is -1.96. The zero-order valence-corrected chi connectivity index (χ0v) is 11.5. The summed E-state index contributed by atoms with van der Waals surface area (Å²) in [5.41, 5.74) is -0.742. The first-order valence-electron chi connectivity index (χ1n) is 6.24. The molecular weight excluding hydrogens is 289 g/mol. The maximum atomic E-state index is 12.3. The van der Waals surface area contributed by atoms with Crippen LogP contribution in [0.15, 0.2) is 24.3 Å². The van der Waals surface area contributed by atoms with Crippen LogP contribution >= 0.6 is 0 Å². The maximum absolute atomic E-state index is 12.3. The molecule has 1 aromatic rings. The first-order valence-corrected chi connectivity index (χ1v) is 6.24. The quantitative estimate of drug-likeness (QED) is 0.787. The van der Waals surface area contributed by atoms with E-state index < -0.39 is 11.7 Å². The van der Waals surface area contributed by atoms with E-state index in [1.807, 2.05) is 0 Å². The van der Waals surface area contributed by atoms with Crippen molar-refractivity contribution in [2.45, 2.75) is 6.18 Å². The molecule has 0 aliphatic rings. The molecule has 0 aromatic heterocycles. The van der Waals surface area contributed by atoms with Gasteiger partial charge in [-0.3, -0.25) is 0 Å². The molecule has 118 valence electrons. The van der Waals surface area contributed by atoms with Crippen LogP contribution in [0.4, 0.5) is 18.0 Å². The summed E-state index contributed by atoms with van der Waals surface area (Å²) in [7, 11) is 1.53. The van der Waals surface area contributed by atoms with E-state index in [4.69, 9.17) is 9.84 Å². The summed E-state index contributed by atoms with van der Waals surface area (Å²) in [4.78, 5) is 12.7. The summed E-state index contributed by atoms with van der Waals surface area (Å²) < 4.78 is 42.2. The third-order valence-electron chi connectivity index (χ3n) is 2.61. The number of nitrogens with one attached hydrogen (secondary N) is 1. The van der Waals surface area contributed by atoms with Gasteiger partial charge in [-0.2, -0.15) is 13.2 Å². The maximum Gasteiger partial charge on any atom is 0.416 e. The number of ether oxygens (including phenoxy) is 1. The SMILES string of the molecule is CN(CCO)C(=O)NCCOc1ccc(C(F)(F)F)cc1. The van der Waals surface area contributed by atoms with Crippen molar-refractivity contribution in [3.05, 3.63) is 29.8 Å². The van der Waals surface area contributed by atoms with Crippen molar-refractivity contribution in [3.63, 3.8) is 0 Å². The molecule has 0 bridgehead atoms. The Morgan fingerprint density at radius 3 is 2.48 bits per heavy atom. The molecule has 8 heteroatoms. The fraction of sp³-hybridized carbons (Fsp3) is 0.462. The van der Waals surface area contributed by atoms with Crippen molar-refractivity contribution >= 4 is 6.03 Å². The van der Waals surface area contributed by atoms with Crippen LogP contribution in [0.5, 0.6) is 5.75 Å². The normalized spacial score (nSPS) is 11.1. The number of carbonyl (C=O) groups excluding carboxylic acids is 1. The predicted molar refractivity (Wildman–Crippen MR) is 70.1 cm³/mol. The van der Waals surface area contributed by atoms with E-state index >= 15 is 0 Å². The summed E-state index contributed by atoms with van der Waals surface area (Å²) in [6.45, 7) is 0.414. The van der Waals surface area contributed by atoms with Crippen molar-refractivity contribution in [2.75, 3.05) is 33.4 Å². The molecule has 21 heavy (non-hydrogen) atoms. The largest absolute Gasteiger partial charge is 0.492 e. The van der Waals surface area contributed by atoms with E-state index in [0.29, 0.717) is 5.75 Å². The first kappa shape index (κ1) is 17.1. The van der Waals surface area contributed by atoms with Gasteiger partial charge in [0.1, 0.15) is 12.4 Å². The Kier molecular flexibility index (Phi) is 6.29. The van der Waals surface area contributed by atoms with Gasteiger partial charge in [-0.1, -0.05) is 0 Å². The van der Waals surface area contributed by atoms with Gasteiger partial charge in [0.15, 0.2) is 0 Å². The van der Waals surface area contributed by atoms with Crippen molar-refractivity contribution in [1.82, 2.24) is 10.2 Å². The number of hydrogen-bond donors (Lipinski definition) is 2. The summed E-state index contributed by atoms with van der Waals surface area (Å²) >= 11 is 0. The fourth-order valence-electron chi connectivity index (χ4n) is 1.45. The number of amides is 2. The van der Waals surface area contributed by atoms with Gasteiger partial charge >= 0.3 is 12.2 Å². The highest BCUT2D eigenvalue weighted by Crippen LogP contribution is 2.30. The number of halogens is 3. The minimum absolute atomic E-state index is 0.129. The van der Waals surface area contributed by atoms with Crippen LogP contribution in [0.3, 0.4) is 0 Å². The van der Waals surface area contributed by atoms with Gasteiger partial charge in [-0.15, -0.1) is 0 Å². The molecule has 0 aliphatic heterocycles. The van der Waals surface area contributed by atoms with E-state index in [9.17, 15) is 18.0 Å². The number of urea groups is 1. The third-order valence-corrected chi connectivity index (χ3v) is 2.61. The van der Waals surface area contributed by atoms with Gasteiger partial charge in [-0.25, -0.2) is 4.79 Å². The Balaban J connectivity index is 2.32. The van der Waals surface area contributed by atoms with Crippen LogP contribution in [-0.2, 0) is 6.18 Å². The lowest BCUT2D eigenvalue weighted by Crippen LogP contribution is -2.40. The highest BCUT2D eigenvalue weighted by atomic mass is 19.4. The standard InChI is InChI=1S/C13H17F3N2O3/c1-18(7-8-19)12(20)17-6-9-21-11-4-2-10(3-5-11)13(14,15)16/h2-5,19H,6-9H2,1H3,(H,17,20). The Labute approximate surface area is 120 Å². The zero-order chi connectivity index (χ0) is 15.9. The molecule has 1 aromatic carbocycles. The van der Waals surface area contributed by atoms with Gasteiger partial charge in [-0.05, 0) is 24.3 Å². The molecule has 0 fully saturated rings. The number of carbonyl (C=O) groups is 1. The Morgan fingerprint density at radius 1 is 1.33 bits per heavy atom. The number of hydrogen-bond acceptors (Lipinski definition) is 3. The van der Waals surface area contributed by atoms with E-state index in [0.717, 1.165) is 12.1 Å². The summed E-state index contributed by atoms with van der Waals surface area (Å²) in [5.74, 6) is 0.293. The van der Waals surface area contributed by atoms with Gasteiger partial charge in [0.25, 0.3) is 0 Å². The van der Waals surface area contributed by atoms with E-state index in [1.54, 1.807) is 0 Å². The lowest BCUT2D eigenvalue weighted by Gasteiger charge is -2.16. The van der Waals surface area contributed by atoms with Gasteiger partial charge in [0.05, 0.1) is 18.7 Å². The van der Waals surface area contributed by atoms with Crippen LogP contribution in [0, 0.1) is 0 Å². The molecule has 0 atom stereocenters. The number of rotatable bonds is 6. The third kappa shape index (κ3) is 5.90. The van der Waals surface area contributed by atoms with Gasteiger partial charge < -0.3 is 20.1 Å². The van der Waals surface area contributed by atoms with Crippen molar-refractivity contribution in [2.24, 2.45) is 0 Å². The second-order valence-corrected chi connectivity index (χ2v) is 4.25. The monoisotopic (exact) mass is 306 g/mol. The van der Waals surface area contributed by atoms with Crippen molar-refractivity contribution < 1.29 is 27.8 Å². The zero-order valence-electron chi connectivity index (χ0n) is 11.5. The lowest BCUT2D eigenvalue weighted by molar-refractivity contribution is -0.137. The van der Waals surface area contributed by atoms with Crippen molar-refractivity contribution in [1.29, 1.82) is 0 Å². The van der Waals surface area contributed by atoms with E-state index in [2.05, 4.69) is 5.32 Å². The molecular formula is C13H17F3N2O3. The van der Waals surface area contributed by atoms with Gasteiger partial charge in [0, 0.05) is 13.6 Å². The molecule has 0 heterocycles. The number of nitrogens with zero attached hydrogens (tertiary/aromatic N) is 1. The van der Waals surface area contributed by atoms with Crippen LogP contribution in [0.2, 0.25) is 0 Å². The summed E-state index contributed by atoms with van der Waals surface area (Å²) in [6.07, 6.45) is -4.37. The molecule has 0 unspecified atom stereocenters. The van der Waals surface area contributed by atoms with E-state index in [-0.39, 0.29) is 32.3 Å². The van der Waals surface area contributed by atoms with Crippen molar-refractivity contribution in [3.8, 4) is 5.75 Å². The second-order valence-electron chi connectivity index (χ2n) is 4.25. The number of likely N-dealkylation sites (N-methyl/N-ethyl adjacent to an activating group) is 1. The van der Waals surface area contributed by atoms with E-state index in [1.165, 1.54) is 24.1 Å². The Bertz CT molecular complexity index is 449. The molecule has 2 N–H and O–H groups in total. The number of alkyl halides is 3. The van der Waals surface area contributed by atoms with Crippen LogP contribution in [0.25, 0.3) is 0 Å². The summed E-state index contributed by atoms with van der Waals surface area (Å²) in [5, 5.41) is 11.2. The number of benzene rings is 1. The molecule has 0 radical (unpaired) electrons. The molecule has 2 amide bonds. The van der Waals surface area contributed by atoms with Crippen LogP contribution in [-0.4, -0.2) is 49.4 Å². The molecule has 0 aliphatic carbocycles. The minimum atomic E-state index is -4.37. The average molecular weight is 306 g/mol. The second kappa shape index (κ2) is 7.72. The highest BCUT2D eigenvalue weighted by molar-refractivity contribution is 5.73. The predicted octanol–water partition coefficient (Wildman–Crippen LogP) is 1.72. The van der Waals surface area contributed by atoms with Gasteiger partial charge in [0.2, 0.25) is 0 Å². The highest BCUT2D eigenvalue weighted by Gasteiger charge is 2.29. The topological polar surface area (TPSA) is 61.8 Å². The summed E-state index contributed by atoms with van der Waals surface area (Å²) in [6, 6.07) is 3.96. The fourth-order valence-corrected chi connectivity index (χ4v) is 1.45. The molecule has 1 rings (SSSR count). The average Bonchev–Trinajstić information content (AvgIpc) is 2.43. The van der Waals surface area contributed by atoms with Crippen LogP contribution in [0.1, 0.15) is 5.56 Å². The number of aliphatic hydroxyl groups is 1. The molecule has 0 spiro atoms. The first-order chi connectivity index (χ1) is 9.84. The smallest absolute Gasteiger partial charge is 0.416 e. The minimum Gasteiger partial charge on any atom is -0.492 e.